The topological polar surface area (TPSA) is 76.1 Å². The Balaban J connectivity index is 1.50. The lowest BCUT2D eigenvalue weighted by atomic mass is 9.99. The van der Waals surface area contributed by atoms with Gasteiger partial charge in [-0.25, -0.2) is 0 Å². The standard InChI is InChI=1S/C22H28N4O3/c1-16-13-26(14-20(16)21(27)28-3)22(23-2)25-12-17-7-9-19(10-8-17)29-15-18-6-4-5-11-24-18/h4-11,16,20H,12-15H2,1-3H3,(H,23,25). The zero-order valence-corrected chi connectivity index (χ0v) is 17.2. The molecule has 2 heterocycles. The number of ether oxygens (including phenoxy) is 2. The maximum absolute atomic E-state index is 11.9. The monoisotopic (exact) mass is 396 g/mol. The van der Waals surface area contributed by atoms with Gasteiger partial charge in [0, 0.05) is 32.9 Å². The fraction of sp³-hybridized carbons (Fsp3) is 0.409. The first-order valence-electron chi connectivity index (χ1n) is 9.75. The van der Waals surface area contributed by atoms with Crippen molar-refractivity contribution in [3.05, 3.63) is 59.9 Å². The molecule has 1 saturated heterocycles. The lowest BCUT2D eigenvalue weighted by molar-refractivity contribution is -0.145. The lowest BCUT2D eigenvalue weighted by Gasteiger charge is -2.21. The molecule has 1 aliphatic rings. The van der Waals surface area contributed by atoms with Crippen LogP contribution < -0.4 is 10.1 Å². The highest BCUT2D eigenvalue weighted by Crippen LogP contribution is 2.24. The molecule has 2 atom stereocenters. The minimum Gasteiger partial charge on any atom is -0.487 e. The van der Waals surface area contributed by atoms with Crippen molar-refractivity contribution in [1.82, 2.24) is 15.2 Å². The summed E-state index contributed by atoms with van der Waals surface area (Å²) in [7, 11) is 3.20. The van der Waals surface area contributed by atoms with Crippen LogP contribution in [0.25, 0.3) is 0 Å². The van der Waals surface area contributed by atoms with Crippen molar-refractivity contribution in [2.75, 3.05) is 27.2 Å². The number of hydrogen-bond donors (Lipinski definition) is 1. The minimum absolute atomic E-state index is 0.117. The number of hydrogen-bond acceptors (Lipinski definition) is 5. The molecular weight excluding hydrogens is 368 g/mol. The Labute approximate surface area is 171 Å². The molecule has 7 heteroatoms. The zero-order chi connectivity index (χ0) is 20.6. The summed E-state index contributed by atoms with van der Waals surface area (Å²) < 4.78 is 10.7. The van der Waals surface area contributed by atoms with Crippen LogP contribution in [0.15, 0.2) is 53.7 Å². The van der Waals surface area contributed by atoms with Gasteiger partial charge in [0.2, 0.25) is 0 Å². The van der Waals surface area contributed by atoms with Crippen LogP contribution in [0.3, 0.4) is 0 Å². The van der Waals surface area contributed by atoms with E-state index in [1.54, 1.807) is 13.2 Å². The van der Waals surface area contributed by atoms with Gasteiger partial charge in [-0.2, -0.15) is 0 Å². The van der Waals surface area contributed by atoms with E-state index in [0.29, 0.717) is 19.7 Å². The summed E-state index contributed by atoms with van der Waals surface area (Å²) in [4.78, 5) is 22.6. The number of nitrogens with one attached hydrogen (secondary N) is 1. The molecule has 29 heavy (non-hydrogen) atoms. The Morgan fingerprint density at radius 2 is 2.03 bits per heavy atom. The lowest BCUT2D eigenvalue weighted by Crippen LogP contribution is -2.40. The predicted octanol–water partition coefficient (Wildman–Crippen LogP) is 2.48. The van der Waals surface area contributed by atoms with Gasteiger partial charge < -0.3 is 19.7 Å². The van der Waals surface area contributed by atoms with Crippen molar-refractivity contribution in [3.63, 3.8) is 0 Å². The third kappa shape index (κ3) is 5.47. The van der Waals surface area contributed by atoms with E-state index in [1.165, 1.54) is 7.11 Å². The van der Waals surface area contributed by atoms with Gasteiger partial charge >= 0.3 is 5.97 Å². The van der Waals surface area contributed by atoms with Crippen molar-refractivity contribution in [2.24, 2.45) is 16.8 Å². The Hall–Kier alpha value is -3.09. The van der Waals surface area contributed by atoms with Crippen molar-refractivity contribution in [3.8, 4) is 5.75 Å². The van der Waals surface area contributed by atoms with E-state index in [2.05, 4.69) is 27.1 Å². The maximum atomic E-state index is 11.9. The third-order valence-corrected chi connectivity index (χ3v) is 5.11. The van der Waals surface area contributed by atoms with E-state index in [1.807, 2.05) is 42.5 Å². The second kappa shape index (κ2) is 9.91. The van der Waals surface area contributed by atoms with Crippen LogP contribution in [0.2, 0.25) is 0 Å². The number of carbonyl (C=O) groups excluding carboxylic acids is 1. The van der Waals surface area contributed by atoms with Crippen molar-refractivity contribution < 1.29 is 14.3 Å². The average Bonchev–Trinajstić information content (AvgIpc) is 3.15. The van der Waals surface area contributed by atoms with Crippen molar-refractivity contribution in [1.29, 1.82) is 0 Å². The molecule has 1 N–H and O–H groups in total. The Morgan fingerprint density at radius 3 is 2.69 bits per heavy atom. The normalized spacial score (nSPS) is 19.1. The van der Waals surface area contributed by atoms with E-state index in [4.69, 9.17) is 9.47 Å². The number of rotatable bonds is 6. The first-order valence-corrected chi connectivity index (χ1v) is 9.75. The van der Waals surface area contributed by atoms with Crippen molar-refractivity contribution >= 4 is 11.9 Å². The molecule has 0 saturated carbocycles. The molecule has 2 aromatic rings. The second-order valence-electron chi connectivity index (χ2n) is 7.17. The third-order valence-electron chi connectivity index (χ3n) is 5.11. The Morgan fingerprint density at radius 1 is 1.24 bits per heavy atom. The summed E-state index contributed by atoms with van der Waals surface area (Å²) in [5.41, 5.74) is 2.01. The largest absolute Gasteiger partial charge is 0.487 e. The number of aliphatic imine (C=N–C) groups is 1. The molecule has 0 radical (unpaired) electrons. The number of pyridine rings is 1. The second-order valence-corrected chi connectivity index (χ2v) is 7.17. The summed E-state index contributed by atoms with van der Waals surface area (Å²) in [5.74, 6) is 1.55. The van der Waals surface area contributed by atoms with Crippen LogP contribution in [-0.4, -0.2) is 49.1 Å². The van der Waals surface area contributed by atoms with Gasteiger partial charge in [0.25, 0.3) is 0 Å². The summed E-state index contributed by atoms with van der Waals surface area (Å²) >= 11 is 0. The molecule has 0 amide bonds. The summed E-state index contributed by atoms with van der Waals surface area (Å²) in [6.45, 7) is 4.55. The van der Waals surface area contributed by atoms with Gasteiger partial charge in [0.1, 0.15) is 12.4 Å². The number of benzene rings is 1. The SMILES string of the molecule is CN=C(NCc1ccc(OCc2ccccn2)cc1)N1CC(C)C(C(=O)OC)C1. The van der Waals surface area contributed by atoms with Gasteiger partial charge in [0.15, 0.2) is 5.96 Å². The fourth-order valence-electron chi connectivity index (χ4n) is 3.46. The first-order chi connectivity index (χ1) is 14.1. The van der Waals surface area contributed by atoms with Crippen LogP contribution in [0.4, 0.5) is 0 Å². The molecule has 2 unspecified atom stereocenters. The molecule has 1 aromatic heterocycles. The highest BCUT2D eigenvalue weighted by Gasteiger charge is 2.36. The minimum atomic E-state index is -0.156. The van der Waals surface area contributed by atoms with E-state index in [-0.39, 0.29) is 17.8 Å². The van der Waals surface area contributed by atoms with Crippen LogP contribution >= 0.6 is 0 Å². The van der Waals surface area contributed by atoms with Crippen molar-refractivity contribution in [2.45, 2.75) is 20.1 Å². The number of likely N-dealkylation sites (tertiary alicyclic amines) is 1. The molecule has 154 valence electrons. The zero-order valence-electron chi connectivity index (χ0n) is 17.2. The molecule has 0 aliphatic carbocycles. The smallest absolute Gasteiger partial charge is 0.310 e. The van der Waals surface area contributed by atoms with Crippen LogP contribution in [0.1, 0.15) is 18.2 Å². The van der Waals surface area contributed by atoms with E-state index in [9.17, 15) is 4.79 Å². The molecule has 0 bridgehead atoms. The van der Waals surface area contributed by atoms with Crippen LogP contribution in [0.5, 0.6) is 5.75 Å². The average molecular weight is 396 g/mol. The molecule has 1 fully saturated rings. The van der Waals surface area contributed by atoms with Gasteiger partial charge in [-0.1, -0.05) is 25.1 Å². The van der Waals surface area contributed by atoms with Gasteiger partial charge in [-0.05, 0) is 35.7 Å². The van der Waals surface area contributed by atoms with Gasteiger partial charge in [-0.15, -0.1) is 0 Å². The summed E-state index contributed by atoms with van der Waals surface area (Å²) in [6, 6.07) is 13.7. The molecule has 7 nitrogen and oxygen atoms in total. The number of esters is 1. The summed E-state index contributed by atoms with van der Waals surface area (Å²) in [5, 5.41) is 3.38. The highest BCUT2D eigenvalue weighted by molar-refractivity contribution is 5.82. The number of carbonyl (C=O) groups is 1. The fourth-order valence-corrected chi connectivity index (χ4v) is 3.46. The van der Waals surface area contributed by atoms with E-state index < -0.39 is 0 Å². The van der Waals surface area contributed by atoms with Crippen LogP contribution in [0, 0.1) is 11.8 Å². The Kier molecular flexibility index (Phi) is 7.05. The number of aromatic nitrogens is 1. The number of nitrogens with zero attached hydrogens (tertiary/aromatic N) is 3. The molecule has 3 rings (SSSR count). The van der Waals surface area contributed by atoms with Gasteiger partial charge in [-0.3, -0.25) is 14.8 Å². The number of guanidine groups is 1. The molecule has 0 spiro atoms. The Bertz CT molecular complexity index is 824. The van der Waals surface area contributed by atoms with E-state index in [0.717, 1.165) is 29.5 Å². The van der Waals surface area contributed by atoms with E-state index >= 15 is 0 Å². The van der Waals surface area contributed by atoms with Gasteiger partial charge in [0.05, 0.1) is 18.7 Å². The molecule has 1 aliphatic heterocycles. The summed E-state index contributed by atoms with van der Waals surface area (Å²) in [6.07, 6.45) is 1.76. The molecule has 1 aromatic carbocycles. The van der Waals surface area contributed by atoms with Crippen LogP contribution in [-0.2, 0) is 22.7 Å². The quantitative estimate of drug-likeness (QED) is 0.459. The number of methoxy groups -OCH3 is 1. The molecular formula is C22H28N4O3. The predicted molar refractivity (Wildman–Crippen MR) is 111 cm³/mol. The first kappa shape index (κ1) is 20.6. The maximum Gasteiger partial charge on any atom is 0.310 e. The highest BCUT2D eigenvalue weighted by atomic mass is 16.5.